The number of nitrogens with zero attached hydrogens (tertiary/aromatic N) is 3. The summed E-state index contributed by atoms with van der Waals surface area (Å²) in [5.41, 5.74) is 4.03. The number of benzene rings is 1. The SMILES string of the molecule is CCc1c(C)sc(NC(=O)c2cc(-c3cccnc3)nc3ccc(Cl)cc23)c1C(=O)N1CCOCC1.Cl. The highest BCUT2D eigenvalue weighted by atomic mass is 35.5. The van der Waals surface area contributed by atoms with E-state index in [1.54, 1.807) is 41.6 Å². The maximum Gasteiger partial charge on any atom is 0.257 e. The van der Waals surface area contributed by atoms with E-state index >= 15 is 0 Å². The lowest BCUT2D eigenvalue weighted by atomic mass is 10.0. The van der Waals surface area contributed by atoms with E-state index < -0.39 is 0 Å². The fourth-order valence-corrected chi connectivity index (χ4v) is 5.77. The summed E-state index contributed by atoms with van der Waals surface area (Å²) >= 11 is 7.71. The van der Waals surface area contributed by atoms with Gasteiger partial charge in [0.15, 0.2) is 0 Å². The van der Waals surface area contributed by atoms with Crippen LogP contribution in [0.5, 0.6) is 0 Å². The first kappa shape index (κ1) is 27.0. The van der Waals surface area contributed by atoms with Crippen molar-refractivity contribution in [3.05, 3.63) is 75.4 Å². The minimum absolute atomic E-state index is 0. The highest BCUT2D eigenvalue weighted by molar-refractivity contribution is 7.16. The van der Waals surface area contributed by atoms with E-state index in [0.717, 1.165) is 16.0 Å². The van der Waals surface area contributed by atoms with E-state index in [4.69, 9.17) is 21.3 Å². The molecule has 37 heavy (non-hydrogen) atoms. The molecule has 0 bridgehead atoms. The van der Waals surface area contributed by atoms with Gasteiger partial charge in [-0.2, -0.15) is 0 Å². The molecule has 192 valence electrons. The predicted octanol–water partition coefficient (Wildman–Crippen LogP) is 6.03. The number of aryl methyl sites for hydroxylation is 1. The highest BCUT2D eigenvalue weighted by Crippen LogP contribution is 2.36. The molecule has 1 aliphatic heterocycles. The molecule has 1 N–H and O–H groups in total. The Morgan fingerprint density at radius 1 is 1.19 bits per heavy atom. The molecule has 2 amide bonds. The van der Waals surface area contributed by atoms with Gasteiger partial charge in [-0.05, 0) is 55.3 Å². The van der Waals surface area contributed by atoms with Crippen LogP contribution in [0, 0.1) is 6.92 Å². The number of hydrogen-bond acceptors (Lipinski definition) is 6. The van der Waals surface area contributed by atoms with Crippen molar-refractivity contribution in [3.8, 4) is 11.3 Å². The third kappa shape index (κ3) is 5.48. The van der Waals surface area contributed by atoms with E-state index in [-0.39, 0.29) is 24.2 Å². The van der Waals surface area contributed by atoms with Crippen LogP contribution in [-0.4, -0.2) is 53.0 Å². The average molecular weight is 558 g/mol. The molecule has 0 aliphatic carbocycles. The normalized spacial score (nSPS) is 13.3. The van der Waals surface area contributed by atoms with Gasteiger partial charge in [0.2, 0.25) is 0 Å². The summed E-state index contributed by atoms with van der Waals surface area (Å²) in [6.45, 7) is 6.10. The highest BCUT2D eigenvalue weighted by Gasteiger charge is 2.28. The van der Waals surface area contributed by atoms with Gasteiger partial charge in [0.25, 0.3) is 11.8 Å². The van der Waals surface area contributed by atoms with Crippen LogP contribution < -0.4 is 5.32 Å². The summed E-state index contributed by atoms with van der Waals surface area (Å²) in [7, 11) is 0. The molecule has 7 nitrogen and oxygen atoms in total. The van der Waals surface area contributed by atoms with Crippen molar-refractivity contribution in [1.29, 1.82) is 0 Å². The number of anilines is 1. The Labute approximate surface area is 230 Å². The van der Waals surface area contributed by atoms with Gasteiger partial charge >= 0.3 is 0 Å². The Morgan fingerprint density at radius 3 is 2.68 bits per heavy atom. The van der Waals surface area contributed by atoms with Gasteiger partial charge in [0.1, 0.15) is 5.00 Å². The second kappa shape index (κ2) is 11.6. The molecule has 0 spiro atoms. The molecule has 1 fully saturated rings. The third-order valence-corrected chi connectivity index (χ3v) is 7.57. The smallest absolute Gasteiger partial charge is 0.257 e. The summed E-state index contributed by atoms with van der Waals surface area (Å²) in [4.78, 5) is 39.0. The standard InChI is InChI=1S/C27H25ClN4O3S.ClH/c1-3-19-16(2)36-26(24(19)27(34)32-9-11-35-12-10-32)31-25(33)21-14-23(17-5-4-8-29-15-17)30-22-7-6-18(28)13-20(21)22;/h4-8,13-15H,3,9-12H2,1-2H3,(H,31,33);1H. The maximum atomic E-state index is 13.7. The molecule has 4 aromatic rings. The number of rotatable bonds is 5. The lowest BCUT2D eigenvalue weighted by Crippen LogP contribution is -2.41. The van der Waals surface area contributed by atoms with E-state index in [9.17, 15) is 9.59 Å². The molecule has 4 heterocycles. The van der Waals surface area contributed by atoms with E-state index in [1.807, 2.05) is 26.0 Å². The zero-order valence-electron chi connectivity index (χ0n) is 20.4. The molecule has 1 saturated heterocycles. The van der Waals surface area contributed by atoms with E-state index in [1.165, 1.54) is 11.3 Å². The molecular weight excluding hydrogens is 531 g/mol. The zero-order chi connectivity index (χ0) is 25.2. The van der Waals surface area contributed by atoms with Gasteiger partial charge in [-0.25, -0.2) is 4.98 Å². The number of amides is 2. The number of ether oxygens (including phenoxy) is 1. The number of pyridine rings is 2. The van der Waals surface area contributed by atoms with Crippen LogP contribution in [0.15, 0.2) is 48.8 Å². The largest absolute Gasteiger partial charge is 0.378 e. The van der Waals surface area contributed by atoms with Crippen LogP contribution in [0.2, 0.25) is 5.02 Å². The van der Waals surface area contributed by atoms with E-state index in [2.05, 4.69) is 10.3 Å². The second-order valence-corrected chi connectivity index (χ2v) is 10.2. The monoisotopic (exact) mass is 556 g/mol. The van der Waals surface area contributed by atoms with E-state index in [0.29, 0.717) is 70.5 Å². The number of carbonyl (C=O) groups excluding carboxylic acids is 2. The lowest BCUT2D eigenvalue weighted by Gasteiger charge is -2.27. The van der Waals surface area contributed by atoms with Gasteiger partial charge in [0.05, 0.1) is 35.6 Å². The summed E-state index contributed by atoms with van der Waals surface area (Å²) in [5, 5.41) is 4.75. The molecule has 10 heteroatoms. The fraction of sp³-hybridized carbons (Fsp3) is 0.259. The van der Waals surface area contributed by atoms with Crippen molar-refractivity contribution >= 4 is 63.1 Å². The Hall–Kier alpha value is -3.04. The van der Waals surface area contributed by atoms with Crippen molar-refractivity contribution < 1.29 is 14.3 Å². The van der Waals surface area contributed by atoms with Crippen LogP contribution >= 0.6 is 35.3 Å². The number of carbonyl (C=O) groups is 2. The van der Waals surface area contributed by atoms with Crippen molar-refractivity contribution in [2.45, 2.75) is 20.3 Å². The van der Waals surface area contributed by atoms with Crippen molar-refractivity contribution in [1.82, 2.24) is 14.9 Å². The first-order valence-corrected chi connectivity index (χ1v) is 13.0. The summed E-state index contributed by atoms with van der Waals surface area (Å²) in [6, 6.07) is 10.8. The van der Waals surface area contributed by atoms with Crippen LogP contribution in [0.4, 0.5) is 5.00 Å². The molecule has 0 unspecified atom stereocenters. The topological polar surface area (TPSA) is 84.4 Å². The van der Waals surface area contributed by atoms with Crippen molar-refractivity contribution in [3.63, 3.8) is 0 Å². The van der Waals surface area contributed by atoms with Crippen LogP contribution in [0.25, 0.3) is 22.2 Å². The maximum absolute atomic E-state index is 13.7. The predicted molar refractivity (Wildman–Crippen MR) is 150 cm³/mol. The Morgan fingerprint density at radius 2 is 1.97 bits per heavy atom. The molecule has 1 aromatic carbocycles. The van der Waals surface area contributed by atoms with Crippen LogP contribution in [0.3, 0.4) is 0 Å². The molecule has 0 radical (unpaired) electrons. The zero-order valence-corrected chi connectivity index (χ0v) is 22.8. The minimum Gasteiger partial charge on any atom is -0.378 e. The lowest BCUT2D eigenvalue weighted by molar-refractivity contribution is 0.0303. The molecule has 1 aliphatic rings. The minimum atomic E-state index is -0.324. The summed E-state index contributed by atoms with van der Waals surface area (Å²) in [6.07, 6.45) is 4.10. The molecule has 0 saturated carbocycles. The quantitative estimate of drug-likeness (QED) is 0.324. The van der Waals surface area contributed by atoms with Crippen LogP contribution in [-0.2, 0) is 11.2 Å². The molecule has 5 rings (SSSR count). The number of nitrogens with one attached hydrogen (secondary N) is 1. The number of halogens is 2. The Balaban J connectivity index is 0.00000320. The number of thiophene rings is 1. The van der Waals surface area contributed by atoms with Gasteiger partial charge < -0.3 is 15.0 Å². The van der Waals surface area contributed by atoms with Crippen molar-refractivity contribution in [2.24, 2.45) is 0 Å². The average Bonchev–Trinajstić information content (AvgIpc) is 3.22. The number of fused-ring (bicyclic) bond motifs is 1. The van der Waals surface area contributed by atoms with Gasteiger partial charge in [-0.1, -0.05) is 18.5 Å². The molecule has 3 aromatic heterocycles. The van der Waals surface area contributed by atoms with Crippen molar-refractivity contribution in [2.75, 3.05) is 31.6 Å². The first-order valence-electron chi connectivity index (χ1n) is 11.8. The van der Waals surface area contributed by atoms with Crippen LogP contribution in [0.1, 0.15) is 38.1 Å². The molecule has 0 atom stereocenters. The third-order valence-electron chi connectivity index (χ3n) is 6.27. The number of hydrogen-bond donors (Lipinski definition) is 1. The Bertz CT molecular complexity index is 1450. The second-order valence-electron chi connectivity index (χ2n) is 8.51. The summed E-state index contributed by atoms with van der Waals surface area (Å²) < 4.78 is 5.42. The Kier molecular flexibility index (Phi) is 8.44. The molecular formula is C27H26Cl2N4O3S. The van der Waals surface area contributed by atoms with Gasteiger partial charge in [0, 0.05) is 46.3 Å². The first-order chi connectivity index (χ1) is 17.5. The fourth-order valence-electron chi connectivity index (χ4n) is 4.46. The van der Waals surface area contributed by atoms with Gasteiger partial charge in [-0.15, -0.1) is 23.7 Å². The number of aromatic nitrogens is 2. The number of morpholine rings is 1. The summed E-state index contributed by atoms with van der Waals surface area (Å²) in [5.74, 6) is -0.400. The van der Waals surface area contributed by atoms with Gasteiger partial charge in [-0.3, -0.25) is 14.6 Å².